The predicted octanol–water partition coefficient (Wildman–Crippen LogP) is 0.907. The van der Waals surface area contributed by atoms with Crippen molar-refractivity contribution in [3.05, 3.63) is 28.8 Å². The second-order valence-electron chi connectivity index (χ2n) is 2.92. The van der Waals surface area contributed by atoms with Gasteiger partial charge in [0.2, 0.25) is 0 Å². The van der Waals surface area contributed by atoms with Crippen molar-refractivity contribution in [1.82, 2.24) is 0 Å². The van der Waals surface area contributed by atoms with Crippen molar-refractivity contribution in [3.8, 4) is 0 Å². The van der Waals surface area contributed by atoms with E-state index in [0.717, 1.165) is 12.1 Å². The van der Waals surface area contributed by atoms with E-state index in [1.165, 1.54) is 0 Å². The maximum atomic E-state index is 11.9. The second kappa shape index (κ2) is 4.96. The lowest BCUT2D eigenvalue weighted by atomic mass is 10.0. The van der Waals surface area contributed by atoms with Crippen LogP contribution in [0.4, 0.5) is 5.69 Å². The molecule has 0 amide bonds. The van der Waals surface area contributed by atoms with E-state index in [9.17, 15) is 9.59 Å². The molecule has 0 aromatic heterocycles. The minimum absolute atomic E-state index is 0.0127. The van der Waals surface area contributed by atoms with E-state index in [-0.39, 0.29) is 22.3 Å². The second-order valence-corrected chi connectivity index (χ2v) is 3.33. The van der Waals surface area contributed by atoms with Crippen molar-refractivity contribution in [2.45, 2.75) is 12.4 Å². The summed E-state index contributed by atoms with van der Waals surface area (Å²) in [5, 5.41) is 8.71. The number of hydrogen-bond donors (Lipinski definition) is 3. The molecule has 0 spiro atoms. The van der Waals surface area contributed by atoms with Crippen LogP contribution in [0.3, 0.4) is 0 Å². The number of carboxylic acids is 1. The molecular weight excluding hydrogens is 232 g/mol. The minimum atomic E-state index is -2.80. The van der Waals surface area contributed by atoms with Gasteiger partial charge in [-0.3, -0.25) is 9.59 Å². The average molecular weight is 246 g/mol. The number of carbonyl (C=O) groups is 2. The summed E-state index contributed by atoms with van der Waals surface area (Å²) in [4.78, 5) is 22.7. The van der Waals surface area contributed by atoms with Crippen molar-refractivity contribution in [2.24, 2.45) is 5.73 Å². The summed E-state index contributed by atoms with van der Waals surface area (Å²) < 4.78 is 22.2. The van der Waals surface area contributed by atoms with Crippen LogP contribution >= 0.6 is 11.6 Å². The van der Waals surface area contributed by atoms with Gasteiger partial charge in [-0.2, -0.15) is 0 Å². The molecule has 0 aliphatic heterocycles. The lowest BCUT2D eigenvalue weighted by Gasteiger charge is -2.07. The molecule has 0 aliphatic rings. The predicted molar refractivity (Wildman–Crippen MR) is 60.4 cm³/mol. The zero-order valence-corrected chi connectivity index (χ0v) is 8.78. The summed E-state index contributed by atoms with van der Waals surface area (Å²) in [5.41, 5.74) is 10.3. The normalized spacial score (nSPS) is 18.8. The highest BCUT2D eigenvalue weighted by Gasteiger charge is 2.18. The van der Waals surface area contributed by atoms with Gasteiger partial charge in [0, 0.05) is 24.0 Å². The van der Waals surface area contributed by atoms with Gasteiger partial charge in [0.05, 0.1) is 2.74 Å². The molecule has 0 bridgehead atoms. The fourth-order valence-electron chi connectivity index (χ4n) is 0.975. The molecular formula is C10H11ClN2O3. The highest BCUT2D eigenvalue weighted by Crippen LogP contribution is 2.19. The minimum Gasteiger partial charge on any atom is -0.480 e. The van der Waals surface area contributed by atoms with Crippen molar-refractivity contribution in [3.63, 3.8) is 0 Å². The van der Waals surface area contributed by atoms with E-state index >= 15 is 0 Å². The van der Waals surface area contributed by atoms with Gasteiger partial charge in [0.15, 0.2) is 5.78 Å². The fraction of sp³-hybridized carbons (Fsp3) is 0.200. The lowest BCUT2D eigenvalue weighted by molar-refractivity contribution is -0.138. The lowest BCUT2D eigenvalue weighted by Crippen LogP contribution is -2.32. The zero-order valence-electron chi connectivity index (χ0n) is 11.0. The molecule has 1 aromatic rings. The van der Waals surface area contributed by atoms with Crippen LogP contribution in [0, 0.1) is 0 Å². The average Bonchev–Trinajstić information content (AvgIpc) is 2.31. The van der Waals surface area contributed by atoms with Crippen LogP contribution in [0.15, 0.2) is 18.2 Å². The van der Waals surface area contributed by atoms with E-state index in [1.807, 2.05) is 0 Å². The Bertz CT molecular complexity index is 551. The smallest absolute Gasteiger partial charge is 0.320 e. The molecule has 0 aliphatic carbocycles. The summed E-state index contributed by atoms with van der Waals surface area (Å²) in [5.74, 6) is -2.86. The van der Waals surface area contributed by atoms with Gasteiger partial charge in [-0.25, -0.2) is 0 Å². The van der Waals surface area contributed by atoms with E-state index in [0.29, 0.717) is 0 Å². The SMILES string of the molecule is [2H]c1cc(C(=O)C([2H])C([2H])(N)C(=O)O)c(N)cc1Cl. The molecule has 5 N–H and O–H groups in total. The Morgan fingerprint density at radius 1 is 1.75 bits per heavy atom. The first-order chi connectivity index (χ1) is 8.59. The fourth-order valence-corrected chi connectivity index (χ4v) is 1.15. The van der Waals surface area contributed by atoms with Gasteiger partial charge in [-0.05, 0) is 18.2 Å². The Balaban J connectivity index is 3.21. The first kappa shape index (κ1) is 8.55. The van der Waals surface area contributed by atoms with Gasteiger partial charge in [0.25, 0.3) is 0 Å². The van der Waals surface area contributed by atoms with E-state index in [4.69, 9.17) is 32.3 Å². The Labute approximate surface area is 101 Å². The molecule has 0 radical (unpaired) electrons. The zero-order chi connectivity index (χ0) is 15.0. The number of aliphatic carboxylic acids is 1. The molecule has 6 heteroatoms. The van der Waals surface area contributed by atoms with Crippen molar-refractivity contribution in [2.75, 3.05) is 5.73 Å². The monoisotopic (exact) mass is 245 g/mol. The van der Waals surface area contributed by atoms with Gasteiger partial charge in [-0.1, -0.05) is 11.6 Å². The van der Waals surface area contributed by atoms with Crippen LogP contribution in [0.5, 0.6) is 0 Å². The third-order valence-corrected chi connectivity index (χ3v) is 1.96. The van der Waals surface area contributed by atoms with Crippen LogP contribution in [0.1, 0.15) is 20.9 Å². The molecule has 0 heterocycles. The van der Waals surface area contributed by atoms with Crippen LogP contribution in [0.2, 0.25) is 5.02 Å². The van der Waals surface area contributed by atoms with Gasteiger partial charge >= 0.3 is 5.97 Å². The molecule has 0 fully saturated rings. The number of carbonyl (C=O) groups excluding carboxylic acids is 1. The first-order valence-corrected chi connectivity index (χ1v) is 4.51. The Morgan fingerprint density at radius 3 is 2.94 bits per heavy atom. The number of Topliss-reactive ketones (excluding diaryl/α,β-unsaturated/α-hetero) is 1. The first-order valence-electron chi connectivity index (χ1n) is 5.71. The summed E-state index contributed by atoms with van der Waals surface area (Å²) in [6.45, 7) is 0. The summed E-state index contributed by atoms with van der Waals surface area (Å²) in [7, 11) is 0. The number of hydrogen-bond acceptors (Lipinski definition) is 4. The number of nitrogen functional groups attached to an aromatic ring is 1. The number of nitrogens with two attached hydrogens (primary N) is 2. The molecule has 2 unspecified atom stereocenters. The van der Waals surface area contributed by atoms with Crippen molar-refractivity contribution < 1.29 is 18.8 Å². The summed E-state index contributed by atoms with van der Waals surface area (Å²) in [6.07, 6.45) is -2.08. The number of anilines is 1. The molecule has 1 rings (SSSR count). The van der Waals surface area contributed by atoms with Crippen LogP contribution in [0.25, 0.3) is 0 Å². The third-order valence-electron chi connectivity index (χ3n) is 1.75. The summed E-state index contributed by atoms with van der Waals surface area (Å²) >= 11 is 5.63. The standard InChI is InChI=1S/C10H11ClN2O3/c11-5-1-2-6(7(12)3-5)9(14)4-8(13)10(15)16/h1-3,8H,4,12-13H2,(H,15,16)/i1D,4D,8D. The Morgan fingerprint density at radius 2 is 2.38 bits per heavy atom. The van der Waals surface area contributed by atoms with Gasteiger partial charge < -0.3 is 16.6 Å². The molecule has 86 valence electrons. The third kappa shape index (κ3) is 2.95. The van der Waals surface area contributed by atoms with E-state index in [2.05, 4.69) is 0 Å². The highest BCUT2D eigenvalue weighted by atomic mass is 35.5. The maximum absolute atomic E-state index is 11.9. The number of halogens is 1. The van der Waals surface area contributed by atoms with Crippen LogP contribution in [-0.2, 0) is 4.79 Å². The van der Waals surface area contributed by atoms with Crippen LogP contribution < -0.4 is 11.5 Å². The number of rotatable bonds is 4. The topological polar surface area (TPSA) is 106 Å². The quantitative estimate of drug-likeness (QED) is 0.540. The largest absolute Gasteiger partial charge is 0.480 e. The van der Waals surface area contributed by atoms with E-state index in [1.54, 1.807) is 0 Å². The molecule has 1 aromatic carbocycles. The molecule has 0 saturated heterocycles. The maximum Gasteiger partial charge on any atom is 0.320 e. The highest BCUT2D eigenvalue weighted by molar-refractivity contribution is 6.31. The number of ketones is 1. The van der Waals surface area contributed by atoms with Gasteiger partial charge in [0.1, 0.15) is 6.02 Å². The molecule has 5 nitrogen and oxygen atoms in total. The Kier molecular flexibility index (Phi) is 2.65. The van der Waals surface area contributed by atoms with Crippen molar-refractivity contribution >= 4 is 29.0 Å². The van der Waals surface area contributed by atoms with Crippen LogP contribution in [-0.4, -0.2) is 22.9 Å². The van der Waals surface area contributed by atoms with Crippen molar-refractivity contribution in [1.29, 1.82) is 0 Å². The molecule has 2 atom stereocenters. The molecule has 0 saturated carbocycles. The van der Waals surface area contributed by atoms with Gasteiger partial charge in [-0.15, -0.1) is 0 Å². The van der Waals surface area contributed by atoms with E-state index < -0.39 is 24.2 Å². The summed E-state index contributed by atoms with van der Waals surface area (Å²) in [6, 6.07) is -0.841. The number of carboxylic acid groups (broad SMARTS) is 1. The molecule has 16 heavy (non-hydrogen) atoms. The number of benzene rings is 1. The Hall–Kier alpha value is -1.59.